The molecule has 88 valence electrons. The number of benzene rings is 1. The second kappa shape index (κ2) is 4.24. The van der Waals surface area contributed by atoms with Crippen LogP contribution < -0.4 is 0 Å². The number of aromatic amines is 1. The van der Waals surface area contributed by atoms with Gasteiger partial charge in [-0.25, -0.2) is 0 Å². The third-order valence-corrected chi connectivity index (χ3v) is 3.11. The maximum Gasteiger partial charge on any atom is 0.308 e. The number of H-pyrrole nitrogens is 1. The van der Waals surface area contributed by atoms with Gasteiger partial charge in [-0.05, 0) is 30.4 Å². The number of ether oxygens (including phenoxy) is 1. The third kappa shape index (κ3) is 2.33. The Kier molecular flexibility index (Phi) is 2.59. The number of carbonyl (C=O) groups excluding carboxylic acids is 1. The monoisotopic (exact) mass is 229 g/mol. The van der Waals surface area contributed by atoms with Gasteiger partial charge < -0.3 is 9.72 Å². The summed E-state index contributed by atoms with van der Waals surface area (Å²) in [6.07, 6.45) is 2.77. The fourth-order valence-electron chi connectivity index (χ4n) is 1.97. The highest BCUT2D eigenvalue weighted by Crippen LogP contribution is 2.30. The highest BCUT2D eigenvalue weighted by atomic mass is 16.5. The molecule has 3 rings (SSSR count). The zero-order valence-corrected chi connectivity index (χ0v) is 9.61. The molecule has 1 aromatic heterocycles. The first-order valence-corrected chi connectivity index (χ1v) is 6.06. The van der Waals surface area contributed by atoms with Gasteiger partial charge in [0.1, 0.15) is 0 Å². The number of para-hydroxylation sites is 1. The van der Waals surface area contributed by atoms with Crippen molar-refractivity contribution in [1.29, 1.82) is 0 Å². The lowest BCUT2D eigenvalue weighted by Gasteiger charge is -2.01. The molecule has 17 heavy (non-hydrogen) atoms. The van der Waals surface area contributed by atoms with Gasteiger partial charge in [-0.3, -0.25) is 4.79 Å². The SMILES string of the molecule is O=C(OCCc1cc2ccccc2[nH]1)C1CC1. The fourth-order valence-corrected chi connectivity index (χ4v) is 1.97. The standard InChI is InChI=1S/C14H15NO2/c16-14(10-5-6-10)17-8-7-12-9-11-3-1-2-4-13(11)15-12/h1-4,9-10,15H,5-8H2. The van der Waals surface area contributed by atoms with Crippen LogP contribution in [0.25, 0.3) is 10.9 Å². The van der Waals surface area contributed by atoms with E-state index in [2.05, 4.69) is 23.2 Å². The van der Waals surface area contributed by atoms with E-state index in [4.69, 9.17) is 4.74 Å². The van der Waals surface area contributed by atoms with Crippen molar-refractivity contribution in [2.45, 2.75) is 19.3 Å². The van der Waals surface area contributed by atoms with Gasteiger partial charge in [0.05, 0.1) is 12.5 Å². The summed E-state index contributed by atoms with van der Waals surface area (Å²) in [5.74, 6) is 0.166. The van der Waals surface area contributed by atoms with E-state index in [1.165, 1.54) is 5.39 Å². The molecule has 0 amide bonds. The molecule has 1 aliphatic rings. The molecule has 1 aromatic carbocycles. The molecule has 0 aliphatic heterocycles. The zero-order valence-electron chi connectivity index (χ0n) is 9.61. The predicted molar refractivity (Wildman–Crippen MR) is 65.7 cm³/mol. The highest BCUT2D eigenvalue weighted by molar-refractivity contribution is 5.80. The number of rotatable bonds is 4. The molecule has 3 nitrogen and oxygen atoms in total. The van der Waals surface area contributed by atoms with Crippen LogP contribution in [0.2, 0.25) is 0 Å². The molecule has 1 fully saturated rings. The molecule has 1 saturated carbocycles. The molecule has 0 unspecified atom stereocenters. The lowest BCUT2D eigenvalue weighted by molar-refractivity contribution is -0.145. The number of hydrogen-bond acceptors (Lipinski definition) is 2. The summed E-state index contributed by atoms with van der Waals surface area (Å²) in [6.45, 7) is 0.474. The van der Waals surface area contributed by atoms with Gasteiger partial charge in [0.2, 0.25) is 0 Å². The van der Waals surface area contributed by atoms with Crippen LogP contribution in [-0.2, 0) is 16.0 Å². The van der Waals surface area contributed by atoms with Crippen LogP contribution in [-0.4, -0.2) is 17.6 Å². The van der Waals surface area contributed by atoms with Gasteiger partial charge in [0, 0.05) is 17.6 Å². The molecule has 1 heterocycles. The first-order valence-electron chi connectivity index (χ1n) is 6.06. The van der Waals surface area contributed by atoms with Crippen molar-refractivity contribution >= 4 is 16.9 Å². The smallest absolute Gasteiger partial charge is 0.308 e. The van der Waals surface area contributed by atoms with Crippen molar-refractivity contribution in [3.05, 3.63) is 36.0 Å². The quantitative estimate of drug-likeness (QED) is 0.819. The largest absolute Gasteiger partial charge is 0.465 e. The van der Waals surface area contributed by atoms with Gasteiger partial charge in [0.25, 0.3) is 0 Å². The molecule has 0 bridgehead atoms. The summed E-state index contributed by atoms with van der Waals surface area (Å²) in [5.41, 5.74) is 2.26. The normalized spacial score (nSPS) is 15.1. The molecule has 0 atom stereocenters. The molecule has 0 spiro atoms. The minimum absolute atomic E-state index is 0.0267. The van der Waals surface area contributed by atoms with E-state index in [0.717, 1.165) is 30.5 Å². The Bertz CT molecular complexity index is 507. The Balaban J connectivity index is 1.58. The lowest BCUT2D eigenvalue weighted by Crippen LogP contribution is -2.09. The third-order valence-electron chi connectivity index (χ3n) is 3.11. The first kappa shape index (κ1) is 10.4. The van der Waals surface area contributed by atoms with Crippen LogP contribution in [0, 0.1) is 5.92 Å². The molecule has 0 radical (unpaired) electrons. The van der Waals surface area contributed by atoms with Crippen LogP contribution >= 0.6 is 0 Å². The van der Waals surface area contributed by atoms with E-state index >= 15 is 0 Å². The average Bonchev–Trinajstić information content (AvgIpc) is 3.09. The minimum Gasteiger partial charge on any atom is -0.465 e. The highest BCUT2D eigenvalue weighted by Gasteiger charge is 2.30. The minimum atomic E-state index is -0.0267. The Hall–Kier alpha value is -1.77. The van der Waals surface area contributed by atoms with Crippen LogP contribution in [0.4, 0.5) is 0 Å². The maximum absolute atomic E-state index is 11.3. The Morgan fingerprint density at radius 2 is 2.18 bits per heavy atom. The van der Waals surface area contributed by atoms with Gasteiger partial charge in [-0.15, -0.1) is 0 Å². The van der Waals surface area contributed by atoms with Crippen molar-refractivity contribution in [3.63, 3.8) is 0 Å². The number of hydrogen-bond donors (Lipinski definition) is 1. The Morgan fingerprint density at radius 1 is 1.35 bits per heavy atom. The van der Waals surface area contributed by atoms with Crippen molar-refractivity contribution in [1.82, 2.24) is 4.98 Å². The van der Waals surface area contributed by atoms with Crippen LogP contribution in [0.3, 0.4) is 0 Å². The van der Waals surface area contributed by atoms with Gasteiger partial charge in [-0.1, -0.05) is 18.2 Å². The predicted octanol–water partition coefficient (Wildman–Crippen LogP) is 2.66. The van der Waals surface area contributed by atoms with Crippen molar-refractivity contribution < 1.29 is 9.53 Å². The van der Waals surface area contributed by atoms with E-state index in [0.29, 0.717) is 6.61 Å². The Labute approximate surface area is 99.8 Å². The van der Waals surface area contributed by atoms with E-state index in [9.17, 15) is 4.79 Å². The summed E-state index contributed by atoms with van der Waals surface area (Å²) in [6, 6.07) is 10.3. The number of aromatic nitrogens is 1. The van der Waals surface area contributed by atoms with Crippen molar-refractivity contribution in [2.75, 3.05) is 6.61 Å². The summed E-state index contributed by atoms with van der Waals surface area (Å²) in [5, 5.41) is 1.20. The van der Waals surface area contributed by atoms with E-state index in [1.54, 1.807) is 0 Å². The number of nitrogens with one attached hydrogen (secondary N) is 1. The summed E-state index contributed by atoms with van der Waals surface area (Å²) >= 11 is 0. The summed E-state index contributed by atoms with van der Waals surface area (Å²) in [4.78, 5) is 14.7. The van der Waals surface area contributed by atoms with Crippen molar-refractivity contribution in [3.8, 4) is 0 Å². The molecular weight excluding hydrogens is 214 g/mol. The van der Waals surface area contributed by atoms with E-state index in [-0.39, 0.29) is 11.9 Å². The first-order chi connectivity index (χ1) is 8.33. The second-order valence-electron chi connectivity index (χ2n) is 4.57. The fraction of sp³-hybridized carbons (Fsp3) is 0.357. The molecular formula is C14H15NO2. The van der Waals surface area contributed by atoms with Crippen LogP contribution in [0.1, 0.15) is 18.5 Å². The summed E-state index contributed by atoms with van der Waals surface area (Å²) in [7, 11) is 0. The van der Waals surface area contributed by atoms with Crippen molar-refractivity contribution in [2.24, 2.45) is 5.92 Å². The maximum atomic E-state index is 11.3. The second-order valence-corrected chi connectivity index (χ2v) is 4.57. The zero-order chi connectivity index (χ0) is 11.7. The van der Waals surface area contributed by atoms with Crippen LogP contribution in [0.5, 0.6) is 0 Å². The van der Waals surface area contributed by atoms with E-state index in [1.807, 2.05) is 12.1 Å². The average molecular weight is 229 g/mol. The van der Waals surface area contributed by atoms with Gasteiger partial charge in [-0.2, -0.15) is 0 Å². The number of esters is 1. The Morgan fingerprint density at radius 3 is 2.94 bits per heavy atom. The molecule has 1 aliphatic carbocycles. The molecule has 3 heteroatoms. The topological polar surface area (TPSA) is 42.1 Å². The van der Waals surface area contributed by atoms with Gasteiger partial charge in [0.15, 0.2) is 0 Å². The number of carbonyl (C=O) groups is 1. The van der Waals surface area contributed by atoms with Crippen LogP contribution in [0.15, 0.2) is 30.3 Å². The lowest BCUT2D eigenvalue weighted by atomic mass is 10.2. The molecule has 0 saturated heterocycles. The molecule has 2 aromatic rings. The van der Waals surface area contributed by atoms with Gasteiger partial charge >= 0.3 is 5.97 Å². The van der Waals surface area contributed by atoms with E-state index < -0.39 is 0 Å². The summed E-state index contributed by atoms with van der Waals surface area (Å²) < 4.78 is 5.21. The molecule has 1 N–H and O–H groups in total. The number of fused-ring (bicyclic) bond motifs is 1.